The second-order valence-electron chi connectivity index (χ2n) is 4.79. The average Bonchev–Trinajstić information content (AvgIpc) is 2.45. The summed E-state index contributed by atoms with van der Waals surface area (Å²) in [6.45, 7) is 3.93. The molecule has 1 fully saturated rings. The molecule has 0 aromatic rings. The Balaban J connectivity index is 2.52. The van der Waals surface area contributed by atoms with Gasteiger partial charge in [-0.15, -0.1) is 0 Å². The fourth-order valence-electron chi connectivity index (χ4n) is 1.76. The van der Waals surface area contributed by atoms with Crippen LogP contribution in [-0.2, 0) is 14.4 Å². The van der Waals surface area contributed by atoms with Gasteiger partial charge < -0.3 is 11.1 Å². The number of nitrogens with one attached hydrogen (secondary N) is 1. The van der Waals surface area contributed by atoms with Crippen molar-refractivity contribution in [3.05, 3.63) is 0 Å². The number of carbonyl (C=O) groups excluding carboxylic acids is 3. The van der Waals surface area contributed by atoms with E-state index in [1.807, 2.05) is 13.8 Å². The number of likely N-dealkylation sites (tertiary alicyclic amines) is 1. The lowest BCUT2D eigenvalue weighted by molar-refractivity contribution is -0.138. The molecule has 1 saturated heterocycles. The lowest BCUT2D eigenvalue weighted by Gasteiger charge is -2.16. The van der Waals surface area contributed by atoms with Gasteiger partial charge in [0, 0.05) is 7.05 Å². The maximum atomic E-state index is 11.7. The first kappa shape index (κ1) is 13.6. The van der Waals surface area contributed by atoms with Gasteiger partial charge in [0.1, 0.15) is 6.04 Å². The Labute approximate surface area is 101 Å². The molecule has 0 saturated carbocycles. The first-order chi connectivity index (χ1) is 7.82. The number of carbonyl (C=O) groups is 3. The van der Waals surface area contributed by atoms with Crippen LogP contribution in [0.3, 0.4) is 0 Å². The summed E-state index contributed by atoms with van der Waals surface area (Å²) in [4.78, 5) is 35.5. The number of likely N-dealkylation sites (N-methyl/N-ethyl adjacent to an activating group) is 1. The zero-order chi connectivity index (χ0) is 13.2. The van der Waals surface area contributed by atoms with Gasteiger partial charge in [-0.25, -0.2) is 0 Å². The number of nitrogens with zero attached hydrogens (tertiary/aromatic N) is 1. The molecule has 0 spiro atoms. The van der Waals surface area contributed by atoms with Gasteiger partial charge in [0.25, 0.3) is 5.91 Å². The topological polar surface area (TPSA) is 92.5 Å². The van der Waals surface area contributed by atoms with E-state index in [9.17, 15) is 14.4 Å². The Bertz CT molecular complexity index is 341. The minimum absolute atomic E-state index is 0.0233. The highest BCUT2D eigenvalue weighted by atomic mass is 16.2. The summed E-state index contributed by atoms with van der Waals surface area (Å²) in [6.07, 6.45) is 0.575. The Kier molecular flexibility index (Phi) is 4.22. The molecule has 0 aromatic carbocycles. The number of amides is 3. The molecule has 6 heteroatoms. The van der Waals surface area contributed by atoms with Gasteiger partial charge in [-0.2, -0.15) is 0 Å². The predicted molar refractivity (Wildman–Crippen MR) is 61.8 cm³/mol. The van der Waals surface area contributed by atoms with Crippen molar-refractivity contribution in [2.45, 2.75) is 38.8 Å². The van der Waals surface area contributed by atoms with Crippen LogP contribution in [0.25, 0.3) is 0 Å². The minimum atomic E-state index is -0.752. The normalized spacial score (nSPS) is 22.2. The van der Waals surface area contributed by atoms with E-state index in [1.165, 1.54) is 7.05 Å². The van der Waals surface area contributed by atoms with Crippen LogP contribution in [0.15, 0.2) is 0 Å². The fraction of sp³-hybridized carbons (Fsp3) is 0.727. The number of nitrogens with two attached hydrogens (primary N) is 1. The molecule has 1 heterocycles. The highest BCUT2D eigenvalue weighted by molar-refractivity contribution is 6.06. The molecule has 0 aliphatic carbocycles. The number of hydrogen-bond donors (Lipinski definition) is 2. The highest BCUT2D eigenvalue weighted by Crippen LogP contribution is 2.11. The van der Waals surface area contributed by atoms with E-state index in [4.69, 9.17) is 5.73 Å². The molecule has 6 nitrogen and oxygen atoms in total. The summed E-state index contributed by atoms with van der Waals surface area (Å²) >= 11 is 0. The van der Waals surface area contributed by atoms with Crippen molar-refractivity contribution in [1.82, 2.24) is 10.2 Å². The molecule has 1 unspecified atom stereocenters. The van der Waals surface area contributed by atoms with E-state index in [0.717, 1.165) is 4.90 Å². The Morgan fingerprint density at radius 3 is 2.53 bits per heavy atom. The maximum Gasteiger partial charge on any atom is 0.252 e. The van der Waals surface area contributed by atoms with E-state index in [1.54, 1.807) is 0 Å². The molecule has 17 heavy (non-hydrogen) atoms. The highest BCUT2D eigenvalue weighted by Gasteiger charge is 2.37. The summed E-state index contributed by atoms with van der Waals surface area (Å²) in [5.41, 5.74) is 5.69. The van der Waals surface area contributed by atoms with Crippen LogP contribution < -0.4 is 11.1 Å². The summed E-state index contributed by atoms with van der Waals surface area (Å²) in [5.74, 6) is -0.725. The number of hydrogen-bond acceptors (Lipinski definition) is 4. The summed E-state index contributed by atoms with van der Waals surface area (Å²) in [5, 5.41) is 2.52. The van der Waals surface area contributed by atoms with Crippen molar-refractivity contribution in [2.75, 3.05) is 7.05 Å². The number of rotatable bonds is 4. The van der Waals surface area contributed by atoms with E-state index in [0.29, 0.717) is 12.3 Å². The largest absolute Gasteiger partial charge is 0.342 e. The third-order valence-corrected chi connectivity index (χ3v) is 2.76. The molecule has 3 amide bonds. The van der Waals surface area contributed by atoms with Crippen LogP contribution in [0.2, 0.25) is 0 Å². The average molecular weight is 241 g/mol. The lowest BCUT2D eigenvalue weighted by atomic mass is 10.0. The molecule has 1 aliphatic rings. The molecular weight excluding hydrogens is 222 g/mol. The van der Waals surface area contributed by atoms with Crippen molar-refractivity contribution < 1.29 is 14.4 Å². The van der Waals surface area contributed by atoms with Gasteiger partial charge >= 0.3 is 0 Å². The molecule has 96 valence electrons. The first-order valence-corrected chi connectivity index (χ1v) is 5.69. The molecule has 2 atom stereocenters. The second kappa shape index (κ2) is 5.27. The molecule has 0 bridgehead atoms. The van der Waals surface area contributed by atoms with Gasteiger partial charge in [-0.05, 0) is 12.3 Å². The molecule has 1 aliphatic heterocycles. The van der Waals surface area contributed by atoms with Crippen molar-refractivity contribution in [1.29, 1.82) is 0 Å². The predicted octanol–water partition coefficient (Wildman–Crippen LogP) is -0.767. The monoisotopic (exact) mass is 241 g/mol. The van der Waals surface area contributed by atoms with Gasteiger partial charge in [0.15, 0.2) is 0 Å². The van der Waals surface area contributed by atoms with E-state index in [-0.39, 0.29) is 24.1 Å². The number of imide groups is 1. The van der Waals surface area contributed by atoms with Crippen molar-refractivity contribution >= 4 is 17.7 Å². The van der Waals surface area contributed by atoms with Gasteiger partial charge in [-0.1, -0.05) is 13.8 Å². The Morgan fingerprint density at radius 1 is 1.53 bits per heavy atom. The third-order valence-electron chi connectivity index (χ3n) is 2.76. The Hall–Kier alpha value is -1.43. The van der Waals surface area contributed by atoms with Gasteiger partial charge in [0.2, 0.25) is 11.8 Å². The van der Waals surface area contributed by atoms with Crippen LogP contribution in [0.4, 0.5) is 0 Å². The maximum absolute atomic E-state index is 11.7. The summed E-state index contributed by atoms with van der Waals surface area (Å²) < 4.78 is 0. The van der Waals surface area contributed by atoms with Crippen molar-refractivity contribution in [3.8, 4) is 0 Å². The van der Waals surface area contributed by atoms with E-state index in [2.05, 4.69) is 5.32 Å². The smallest absolute Gasteiger partial charge is 0.252 e. The fourth-order valence-corrected chi connectivity index (χ4v) is 1.76. The lowest BCUT2D eigenvalue weighted by Crippen LogP contribution is -2.48. The van der Waals surface area contributed by atoms with Crippen LogP contribution in [0.5, 0.6) is 0 Å². The van der Waals surface area contributed by atoms with Crippen LogP contribution in [-0.4, -0.2) is 41.8 Å². The van der Waals surface area contributed by atoms with Crippen LogP contribution >= 0.6 is 0 Å². The molecule has 0 radical (unpaired) electrons. The summed E-state index contributed by atoms with van der Waals surface area (Å²) in [6, 6.07) is -1.39. The quantitative estimate of drug-likeness (QED) is 0.632. The minimum Gasteiger partial charge on any atom is -0.342 e. The van der Waals surface area contributed by atoms with Crippen LogP contribution in [0.1, 0.15) is 26.7 Å². The summed E-state index contributed by atoms with van der Waals surface area (Å²) in [7, 11) is 1.41. The zero-order valence-electron chi connectivity index (χ0n) is 10.4. The van der Waals surface area contributed by atoms with Crippen molar-refractivity contribution in [2.24, 2.45) is 11.7 Å². The van der Waals surface area contributed by atoms with E-state index >= 15 is 0 Å². The van der Waals surface area contributed by atoms with Crippen molar-refractivity contribution in [3.63, 3.8) is 0 Å². The van der Waals surface area contributed by atoms with Gasteiger partial charge in [0.05, 0.1) is 12.5 Å². The zero-order valence-corrected chi connectivity index (χ0v) is 10.4. The van der Waals surface area contributed by atoms with Gasteiger partial charge in [-0.3, -0.25) is 19.3 Å². The standard InChI is InChI=1S/C11H19N3O3/c1-6(2)4-7(12)10(16)13-8-5-9(15)14(3)11(8)17/h6-8H,4-5,12H2,1-3H3,(H,13,16)/t7-,8?/m1/s1. The molecule has 1 rings (SSSR count). The second-order valence-corrected chi connectivity index (χ2v) is 4.79. The Morgan fingerprint density at radius 2 is 2.12 bits per heavy atom. The van der Waals surface area contributed by atoms with Crippen LogP contribution in [0, 0.1) is 5.92 Å². The van der Waals surface area contributed by atoms with E-state index < -0.39 is 12.1 Å². The molecule has 0 aromatic heterocycles. The SMILES string of the molecule is CC(C)C[C@@H](N)C(=O)NC1CC(=O)N(C)C1=O. The third kappa shape index (κ3) is 3.26. The first-order valence-electron chi connectivity index (χ1n) is 5.69. The molecule has 3 N–H and O–H groups in total. The molecular formula is C11H19N3O3.